The maximum atomic E-state index is 12.4. The lowest BCUT2D eigenvalue weighted by Crippen LogP contribution is -2.50. The maximum Gasteiger partial charge on any atom is 0.243 e. The number of nitrogens with zero attached hydrogens (tertiary/aromatic N) is 3. The fraction of sp³-hybridized carbons (Fsp3) is 0.500. The van der Waals surface area contributed by atoms with Gasteiger partial charge in [0.2, 0.25) is 15.9 Å². The van der Waals surface area contributed by atoms with Crippen molar-refractivity contribution in [3.8, 4) is 0 Å². The Morgan fingerprint density at radius 3 is 2.13 bits per heavy atom. The number of carbonyl (C=O) groups is 1. The molecule has 1 aromatic rings. The molecule has 0 aliphatic carbocycles. The van der Waals surface area contributed by atoms with Crippen molar-refractivity contribution in [3.05, 3.63) is 28.2 Å². The van der Waals surface area contributed by atoms with Gasteiger partial charge in [0.25, 0.3) is 0 Å². The van der Waals surface area contributed by atoms with Crippen molar-refractivity contribution in [1.29, 1.82) is 0 Å². The summed E-state index contributed by atoms with van der Waals surface area (Å²) in [5, 5.41) is 0.626. The van der Waals surface area contributed by atoms with Gasteiger partial charge in [-0.1, -0.05) is 23.2 Å². The van der Waals surface area contributed by atoms with Crippen molar-refractivity contribution in [1.82, 2.24) is 9.80 Å². The van der Waals surface area contributed by atoms with E-state index >= 15 is 0 Å². The molecule has 1 amide bonds. The molecule has 0 saturated carbocycles. The normalized spacial score (nSPS) is 16.4. The molecule has 1 aliphatic rings. The third kappa shape index (κ3) is 4.97. The summed E-state index contributed by atoms with van der Waals surface area (Å²) in [5.41, 5.74) is 0.285. The molecule has 0 aromatic heterocycles. The van der Waals surface area contributed by atoms with Gasteiger partial charge in [0.15, 0.2) is 0 Å². The molecule has 1 aromatic carbocycles. The number of benzene rings is 1. The standard InChI is InChI=1S/C14H19Cl2N3O3S/c1-17-3-5-18(6-4-17)14(20)10-19(23(2,21)22)13-8-11(15)7-12(16)9-13/h7-9H,3-6,10H2,1-2H3. The second-order valence-electron chi connectivity index (χ2n) is 5.58. The van der Waals surface area contributed by atoms with Gasteiger partial charge >= 0.3 is 0 Å². The smallest absolute Gasteiger partial charge is 0.243 e. The van der Waals surface area contributed by atoms with E-state index in [1.165, 1.54) is 18.2 Å². The van der Waals surface area contributed by atoms with E-state index in [0.717, 1.165) is 23.7 Å². The van der Waals surface area contributed by atoms with Crippen LogP contribution in [0.4, 0.5) is 5.69 Å². The number of rotatable bonds is 4. The number of piperazine rings is 1. The van der Waals surface area contributed by atoms with Crippen LogP contribution in [0.2, 0.25) is 10.0 Å². The Labute approximate surface area is 146 Å². The first kappa shape index (κ1) is 18.3. The van der Waals surface area contributed by atoms with Crippen LogP contribution in [0.25, 0.3) is 0 Å². The quantitative estimate of drug-likeness (QED) is 0.795. The Hall–Kier alpha value is -1.02. The van der Waals surface area contributed by atoms with Crippen LogP contribution in [-0.2, 0) is 14.8 Å². The number of amides is 1. The molecule has 1 aliphatic heterocycles. The van der Waals surface area contributed by atoms with Crippen LogP contribution < -0.4 is 4.31 Å². The molecule has 0 radical (unpaired) electrons. The lowest BCUT2D eigenvalue weighted by atomic mass is 10.3. The molecule has 6 nitrogen and oxygen atoms in total. The van der Waals surface area contributed by atoms with E-state index < -0.39 is 10.0 Å². The summed E-state index contributed by atoms with van der Waals surface area (Å²) in [6.45, 7) is 2.45. The number of likely N-dealkylation sites (N-methyl/N-ethyl adjacent to an activating group) is 1. The molecule has 1 heterocycles. The van der Waals surface area contributed by atoms with Gasteiger partial charge in [-0.05, 0) is 25.2 Å². The fourth-order valence-electron chi connectivity index (χ4n) is 2.36. The van der Waals surface area contributed by atoms with Crippen molar-refractivity contribution in [2.45, 2.75) is 0 Å². The van der Waals surface area contributed by atoms with Gasteiger partial charge in [-0.15, -0.1) is 0 Å². The highest BCUT2D eigenvalue weighted by molar-refractivity contribution is 7.92. The molecule has 1 saturated heterocycles. The van der Waals surface area contributed by atoms with Crippen molar-refractivity contribution >= 4 is 44.8 Å². The van der Waals surface area contributed by atoms with E-state index in [0.29, 0.717) is 23.1 Å². The van der Waals surface area contributed by atoms with Gasteiger partial charge < -0.3 is 9.80 Å². The average Bonchev–Trinajstić information content (AvgIpc) is 2.42. The molecule has 23 heavy (non-hydrogen) atoms. The molecule has 1 fully saturated rings. The molecule has 0 N–H and O–H groups in total. The third-order valence-electron chi connectivity index (χ3n) is 3.67. The van der Waals surface area contributed by atoms with Crippen LogP contribution >= 0.6 is 23.2 Å². The first-order chi connectivity index (χ1) is 10.7. The Kier molecular flexibility index (Phi) is 5.78. The number of carbonyl (C=O) groups excluding carboxylic acids is 1. The lowest BCUT2D eigenvalue weighted by molar-refractivity contribution is -0.131. The summed E-state index contributed by atoms with van der Waals surface area (Å²) < 4.78 is 25.2. The van der Waals surface area contributed by atoms with Crippen LogP contribution in [-0.4, -0.2) is 70.2 Å². The van der Waals surface area contributed by atoms with E-state index in [2.05, 4.69) is 4.90 Å². The number of anilines is 1. The van der Waals surface area contributed by atoms with Gasteiger partial charge in [-0.25, -0.2) is 8.42 Å². The van der Waals surface area contributed by atoms with Crippen LogP contribution in [0.15, 0.2) is 18.2 Å². The van der Waals surface area contributed by atoms with Crippen molar-refractivity contribution in [2.24, 2.45) is 0 Å². The van der Waals surface area contributed by atoms with E-state index in [1.807, 2.05) is 7.05 Å². The van der Waals surface area contributed by atoms with E-state index in [1.54, 1.807) is 4.90 Å². The van der Waals surface area contributed by atoms with Gasteiger partial charge in [0.1, 0.15) is 6.54 Å². The Bertz CT molecular complexity index is 668. The number of hydrogen-bond acceptors (Lipinski definition) is 4. The minimum atomic E-state index is -3.64. The minimum absolute atomic E-state index is 0.236. The lowest BCUT2D eigenvalue weighted by Gasteiger charge is -2.34. The zero-order chi connectivity index (χ0) is 17.2. The van der Waals surface area contributed by atoms with Gasteiger partial charge in [0.05, 0.1) is 11.9 Å². The molecule has 9 heteroatoms. The molecule has 0 unspecified atom stereocenters. The second-order valence-corrected chi connectivity index (χ2v) is 8.36. The van der Waals surface area contributed by atoms with Crippen LogP contribution in [0, 0.1) is 0 Å². The average molecular weight is 380 g/mol. The molecule has 128 valence electrons. The zero-order valence-corrected chi connectivity index (χ0v) is 15.3. The topological polar surface area (TPSA) is 60.9 Å². The summed E-state index contributed by atoms with van der Waals surface area (Å²) in [5.74, 6) is -0.236. The Balaban J connectivity index is 2.21. The molecule has 0 bridgehead atoms. The maximum absolute atomic E-state index is 12.4. The van der Waals surface area contributed by atoms with Crippen LogP contribution in [0.5, 0.6) is 0 Å². The molecule has 0 atom stereocenters. The highest BCUT2D eigenvalue weighted by Gasteiger charge is 2.26. The first-order valence-electron chi connectivity index (χ1n) is 7.07. The number of hydrogen-bond donors (Lipinski definition) is 0. The van der Waals surface area contributed by atoms with Gasteiger partial charge in [-0.3, -0.25) is 9.10 Å². The van der Waals surface area contributed by atoms with E-state index in [9.17, 15) is 13.2 Å². The summed E-state index contributed by atoms with van der Waals surface area (Å²) in [6, 6.07) is 4.47. The zero-order valence-electron chi connectivity index (χ0n) is 13.0. The second kappa shape index (κ2) is 7.25. The predicted octanol–water partition coefficient (Wildman–Crippen LogP) is 1.53. The first-order valence-corrected chi connectivity index (χ1v) is 9.67. The monoisotopic (exact) mass is 379 g/mol. The summed E-state index contributed by atoms with van der Waals surface area (Å²) in [7, 11) is -1.65. The highest BCUT2D eigenvalue weighted by atomic mass is 35.5. The van der Waals surface area contributed by atoms with Crippen LogP contribution in [0.1, 0.15) is 0 Å². The van der Waals surface area contributed by atoms with Crippen molar-refractivity contribution in [3.63, 3.8) is 0 Å². The Morgan fingerprint density at radius 2 is 1.65 bits per heavy atom. The van der Waals surface area contributed by atoms with Gasteiger partial charge in [0, 0.05) is 36.2 Å². The molecular formula is C14H19Cl2N3O3S. The van der Waals surface area contributed by atoms with E-state index in [-0.39, 0.29) is 18.1 Å². The largest absolute Gasteiger partial charge is 0.339 e. The SMILES string of the molecule is CN1CCN(C(=O)CN(c2cc(Cl)cc(Cl)c2)S(C)(=O)=O)CC1. The highest BCUT2D eigenvalue weighted by Crippen LogP contribution is 2.27. The summed E-state index contributed by atoms with van der Waals surface area (Å²) in [6.07, 6.45) is 1.05. The van der Waals surface area contributed by atoms with Gasteiger partial charge in [-0.2, -0.15) is 0 Å². The summed E-state index contributed by atoms with van der Waals surface area (Å²) in [4.78, 5) is 16.2. The van der Waals surface area contributed by atoms with E-state index in [4.69, 9.17) is 23.2 Å². The van der Waals surface area contributed by atoms with Crippen molar-refractivity contribution in [2.75, 3.05) is 50.3 Å². The summed E-state index contributed by atoms with van der Waals surface area (Å²) >= 11 is 11.9. The Morgan fingerprint density at radius 1 is 1.13 bits per heavy atom. The van der Waals surface area contributed by atoms with Crippen LogP contribution in [0.3, 0.4) is 0 Å². The number of sulfonamides is 1. The predicted molar refractivity (Wildman–Crippen MR) is 92.7 cm³/mol. The minimum Gasteiger partial charge on any atom is -0.339 e. The fourth-order valence-corrected chi connectivity index (χ4v) is 3.71. The van der Waals surface area contributed by atoms with Crippen molar-refractivity contribution < 1.29 is 13.2 Å². The molecule has 2 rings (SSSR count). The third-order valence-corrected chi connectivity index (χ3v) is 5.25. The number of halogens is 2. The molecular weight excluding hydrogens is 361 g/mol. The molecule has 0 spiro atoms.